The summed E-state index contributed by atoms with van der Waals surface area (Å²) in [5.74, 6) is 0.149. The van der Waals surface area contributed by atoms with E-state index in [1.807, 2.05) is 36.7 Å². The summed E-state index contributed by atoms with van der Waals surface area (Å²) >= 11 is 6.22. The van der Waals surface area contributed by atoms with Gasteiger partial charge in [0.15, 0.2) is 5.69 Å². The summed E-state index contributed by atoms with van der Waals surface area (Å²) in [4.78, 5) is 17.2. The van der Waals surface area contributed by atoms with Gasteiger partial charge in [-0.2, -0.15) is 0 Å². The molecule has 134 valence electrons. The van der Waals surface area contributed by atoms with Crippen LogP contribution in [0.2, 0.25) is 5.02 Å². The minimum atomic E-state index is -0.314. The number of aromatic nitrogens is 4. The third kappa shape index (κ3) is 2.93. The zero-order valence-electron chi connectivity index (χ0n) is 14.6. The van der Waals surface area contributed by atoms with Crippen molar-refractivity contribution in [2.24, 2.45) is 0 Å². The maximum absolute atomic E-state index is 12.6. The molecule has 1 atom stereocenters. The second-order valence-corrected chi connectivity index (χ2v) is 6.93. The van der Waals surface area contributed by atoms with Crippen LogP contribution in [0.3, 0.4) is 0 Å². The molecule has 0 spiro atoms. The van der Waals surface area contributed by atoms with E-state index >= 15 is 0 Å². The Balaban J connectivity index is 1.60. The van der Waals surface area contributed by atoms with Gasteiger partial charge in [-0.25, -0.2) is 9.67 Å². The van der Waals surface area contributed by atoms with E-state index in [1.54, 1.807) is 6.07 Å². The fourth-order valence-electron chi connectivity index (χ4n) is 3.31. The largest absolute Gasteiger partial charge is 0.315 e. The van der Waals surface area contributed by atoms with E-state index in [0.29, 0.717) is 16.5 Å². The molecule has 0 bridgehead atoms. The maximum Gasteiger partial charge on any atom is 0.279 e. The third-order valence-corrected chi connectivity index (χ3v) is 5.10. The lowest BCUT2D eigenvalue weighted by Gasteiger charge is -2.10. The van der Waals surface area contributed by atoms with Gasteiger partial charge in [-0.15, -0.1) is 5.10 Å². The normalized spacial score (nSPS) is 17.0. The number of aryl methyl sites for hydroxylation is 1. The fraction of sp³-hybridized carbons (Fsp3) is 0.333. The summed E-state index contributed by atoms with van der Waals surface area (Å²) in [5.41, 5.74) is 2.85. The average Bonchev–Trinajstić information content (AvgIpc) is 3.27. The molecule has 26 heavy (non-hydrogen) atoms. The van der Waals surface area contributed by atoms with Gasteiger partial charge in [-0.05, 0) is 50.6 Å². The Hall–Kier alpha value is -2.51. The van der Waals surface area contributed by atoms with Crippen LogP contribution in [0.5, 0.6) is 0 Å². The standard InChI is InChI=1S/C18H19ClN6O/c1-10-3-5-14(19)13-4-6-15(21-16(10)13)22-18(26)17-11(2)25(24-23-17)12-7-8-20-9-12/h3-6,12,20H,7-9H2,1-2H3,(H,21,22,26). The van der Waals surface area contributed by atoms with Gasteiger partial charge in [-0.1, -0.05) is 22.9 Å². The summed E-state index contributed by atoms with van der Waals surface area (Å²) in [5, 5.41) is 15.8. The number of hydrogen-bond acceptors (Lipinski definition) is 5. The van der Waals surface area contributed by atoms with Crippen molar-refractivity contribution in [2.45, 2.75) is 26.3 Å². The van der Waals surface area contributed by atoms with Crippen LogP contribution in [0.4, 0.5) is 5.82 Å². The molecule has 7 nitrogen and oxygen atoms in total. The number of benzene rings is 1. The highest BCUT2D eigenvalue weighted by Crippen LogP contribution is 2.26. The van der Waals surface area contributed by atoms with Crippen LogP contribution in [0.25, 0.3) is 10.9 Å². The van der Waals surface area contributed by atoms with Gasteiger partial charge in [0, 0.05) is 17.0 Å². The molecular formula is C18H19ClN6O. The van der Waals surface area contributed by atoms with Gasteiger partial charge >= 0.3 is 0 Å². The van der Waals surface area contributed by atoms with Gasteiger partial charge in [0.2, 0.25) is 0 Å². The number of fused-ring (bicyclic) bond motifs is 1. The van der Waals surface area contributed by atoms with Crippen LogP contribution in [-0.4, -0.2) is 39.0 Å². The van der Waals surface area contributed by atoms with Crippen molar-refractivity contribution in [2.75, 3.05) is 18.4 Å². The minimum absolute atomic E-state index is 0.243. The number of halogens is 1. The lowest BCUT2D eigenvalue weighted by atomic mass is 10.1. The molecule has 1 fully saturated rings. The topological polar surface area (TPSA) is 84.7 Å². The van der Waals surface area contributed by atoms with Crippen LogP contribution in [0.1, 0.15) is 34.2 Å². The van der Waals surface area contributed by atoms with Crippen molar-refractivity contribution < 1.29 is 4.79 Å². The number of hydrogen-bond donors (Lipinski definition) is 2. The molecule has 3 heterocycles. The summed E-state index contributed by atoms with van der Waals surface area (Å²) in [6.07, 6.45) is 0.984. The predicted octanol–water partition coefficient (Wildman–Crippen LogP) is 2.88. The number of pyridine rings is 1. The van der Waals surface area contributed by atoms with Crippen LogP contribution in [-0.2, 0) is 0 Å². The zero-order chi connectivity index (χ0) is 18.3. The molecule has 1 aliphatic heterocycles. The molecular weight excluding hydrogens is 352 g/mol. The summed E-state index contributed by atoms with van der Waals surface area (Å²) in [6.45, 7) is 5.62. The maximum atomic E-state index is 12.6. The Morgan fingerprint density at radius 2 is 2.15 bits per heavy atom. The monoisotopic (exact) mass is 370 g/mol. The molecule has 1 aromatic carbocycles. The second kappa shape index (κ2) is 6.66. The Kier molecular flexibility index (Phi) is 4.34. The predicted molar refractivity (Wildman–Crippen MR) is 101 cm³/mol. The number of carbonyl (C=O) groups excluding carboxylic acids is 1. The molecule has 1 aliphatic rings. The van der Waals surface area contributed by atoms with E-state index in [9.17, 15) is 4.79 Å². The summed E-state index contributed by atoms with van der Waals surface area (Å²) in [7, 11) is 0. The van der Waals surface area contributed by atoms with E-state index in [2.05, 4.69) is 25.9 Å². The van der Waals surface area contributed by atoms with Crippen LogP contribution in [0, 0.1) is 13.8 Å². The van der Waals surface area contributed by atoms with Crippen LogP contribution < -0.4 is 10.6 Å². The first-order valence-electron chi connectivity index (χ1n) is 8.54. The number of nitrogens with one attached hydrogen (secondary N) is 2. The van der Waals surface area contributed by atoms with Crippen molar-refractivity contribution in [3.8, 4) is 0 Å². The molecule has 0 aliphatic carbocycles. The van der Waals surface area contributed by atoms with Crippen LogP contribution in [0.15, 0.2) is 24.3 Å². The second-order valence-electron chi connectivity index (χ2n) is 6.53. The van der Waals surface area contributed by atoms with E-state index in [4.69, 9.17) is 11.6 Å². The van der Waals surface area contributed by atoms with E-state index in [1.165, 1.54) is 0 Å². The van der Waals surface area contributed by atoms with Crippen molar-refractivity contribution >= 4 is 34.2 Å². The number of carbonyl (C=O) groups is 1. The van der Waals surface area contributed by atoms with E-state index < -0.39 is 0 Å². The summed E-state index contributed by atoms with van der Waals surface area (Å²) in [6, 6.07) is 7.61. The van der Waals surface area contributed by atoms with Gasteiger partial charge < -0.3 is 10.6 Å². The molecule has 2 N–H and O–H groups in total. The molecule has 8 heteroatoms. The van der Waals surface area contributed by atoms with Crippen molar-refractivity contribution in [1.82, 2.24) is 25.3 Å². The highest BCUT2D eigenvalue weighted by Gasteiger charge is 2.24. The number of nitrogens with zero attached hydrogens (tertiary/aromatic N) is 4. The molecule has 1 amide bonds. The fourth-order valence-corrected chi connectivity index (χ4v) is 3.53. The van der Waals surface area contributed by atoms with Crippen molar-refractivity contribution in [1.29, 1.82) is 0 Å². The van der Waals surface area contributed by atoms with E-state index in [-0.39, 0.29) is 11.9 Å². The molecule has 3 aromatic rings. The highest BCUT2D eigenvalue weighted by molar-refractivity contribution is 6.35. The quantitative estimate of drug-likeness (QED) is 0.740. The Morgan fingerprint density at radius 3 is 2.92 bits per heavy atom. The smallest absolute Gasteiger partial charge is 0.279 e. The molecule has 0 saturated carbocycles. The van der Waals surface area contributed by atoms with Crippen molar-refractivity contribution in [3.05, 3.63) is 46.2 Å². The number of amides is 1. The lowest BCUT2D eigenvalue weighted by Crippen LogP contribution is -2.18. The first kappa shape index (κ1) is 16.9. The number of rotatable bonds is 3. The Labute approximate surface area is 155 Å². The first-order chi connectivity index (χ1) is 12.5. The summed E-state index contributed by atoms with van der Waals surface area (Å²) < 4.78 is 1.83. The molecule has 0 radical (unpaired) electrons. The van der Waals surface area contributed by atoms with Gasteiger partial charge in [0.1, 0.15) is 5.82 Å². The minimum Gasteiger partial charge on any atom is -0.315 e. The Bertz CT molecular complexity index is 993. The molecule has 4 rings (SSSR count). The van der Waals surface area contributed by atoms with E-state index in [0.717, 1.165) is 41.7 Å². The molecule has 1 saturated heterocycles. The van der Waals surface area contributed by atoms with Gasteiger partial charge in [0.05, 0.1) is 17.3 Å². The Morgan fingerprint density at radius 1 is 1.31 bits per heavy atom. The average molecular weight is 371 g/mol. The van der Waals surface area contributed by atoms with Crippen molar-refractivity contribution in [3.63, 3.8) is 0 Å². The van der Waals surface area contributed by atoms with Gasteiger partial charge in [-0.3, -0.25) is 4.79 Å². The van der Waals surface area contributed by atoms with Crippen LogP contribution >= 0.6 is 11.6 Å². The molecule has 2 aromatic heterocycles. The zero-order valence-corrected chi connectivity index (χ0v) is 15.3. The third-order valence-electron chi connectivity index (χ3n) is 4.77. The lowest BCUT2D eigenvalue weighted by molar-refractivity contribution is 0.102. The molecule has 1 unspecified atom stereocenters. The number of anilines is 1. The highest BCUT2D eigenvalue weighted by atomic mass is 35.5. The SMILES string of the molecule is Cc1ccc(Cl)c2ccc(NC(=O)c3nnn(C4CCNC4)c3C)nc12. The first-order valence-corrected chi connectivity index (χ1v) is 8.92. The van der Waals surface area contributed by atoms with Gasteiger partial charge in [0.25, 0.3) is 5.91 Å².